The minimum absolute atomic E-state index is 0.543. The summed E-state index contributed by atoms with van der Waals surface area (Å²) in [4.78, 5) is 0. The van der Waals surface area contributed by atoms with Gasteiger partial charge in [-0.3, -0.25) is 0 Å². The number of unbranched alkanes of at least 4 members (excludes halogenated alkanes) is 6. The molecule has 120 valence electrons. The lowest BCUT2D eigenvalue weighted by molar-refractivity contribution is 0.465. The lowest BCUT2D eigenvalue weighted by Gasteiger charge is -2.19. The summed E-state index contributed by atoms with van der Waals surface area (Å²) in [5.74, 6) is 0. The molecule has 1 N–H and O–H groups in total. The Hall–Kier alpha value is -0.820. The van der Waals surface area contributed by atoms with Gasteiger partial charge in [0.1, 0.15) is 0 Å². The highest BCUT2D eigenvalue weighted by Crippen LogP contribution is 2.21. The van der Waals surface area contributed by atoms with Crippen LogP contribution in [0.2, 0.25) is 0 Å². The van der Waals surface area contributed by atoms with Crippen LogP contribution in [0.4, 0.5) is 0 Å². The van der Waals surface area contributed by atoms with E-state index in [0.717, 1.165) is 6.54 Å². The Bertz CT molecular complexity index is 341. The first-order valence-corrected chi connectivity index (χ1v) is 9.07. The van der Waals surface area contributed by atoms with E-state index in [1.807, 2.05) is 0 Å². The smallest absolute Gasteiger partial charge is 0.0320 e. The van der Waals surface area contributed by atoms with E-state index in [2.05, 4.69) is 50.4 Å². The van der Waals surface area contributed by atoms with Crippen molar-refractivity contribution in [1.29, 1.82) is 0 Å². The minimum atomic E-state index is 0.543. The van der Waals surface area contributed by atoms with Gasteiger partial charge in [0, 0.05) is 6.04 Å². The molecular formula is C20H35N. The number of nitrogens with one attached hydrogen (secondary N) is 1. The van der Waals surface area contributed by atoms with E-state index < -0.39 is 0 Å². The van der Waals surface area contributed by atoms with E-state index in [4.69, 9.17) is 0 Å². The summed E-state index contributed by atoms with van der Waals surface area (Å²) in [5.41, 5.74) is 2.81. The molecule has 0 amide bonds. The molecule has 0 saturated heterocycles. The molecule has 0 aliphatic rings. The van der Waals surface area contributed by atoms with Crippen LogP contribution in [0.15, 0.2) is 24.3 Å². The molecule has 0 aliphatic heterocycles. The topological polar surface area (TPSA) is 12.0 Å². The molecular weight excluding hydrogens is 254 g/mol. The molecule has 0 fully saturated rings. The highest BCUT2D eigenvalue weighted by Gasteiger charge is 2.09. The molecule has 0 bridgehead atoms. The van der Waals surface area contributed by atoms with Gasteiger partial charge in [0.25, 0.3) is 0 Å². The molecule has 1 heteroatoms. The van der Waals surface area contributed by atoms with Crippen molar-refractivity contribution >= 4 is 0 Å². The fourth-order valence-corrected chi connectivity index (χ4v) is 2.81. The first-order chi connectivity index (χ1) is 10.3. The summed E-state index contributed by atoms with van der Waals surface area (Å²) in [7, 11) is 0. The number of benzene rings is 1. The van der Waals surface area contributed by atoms with E-state index in [1.165, 1.54) is 68.9 Å². The maximum Gasteiger partial charge on any atom is 0.0320 e. The maximum atomic E-state index is 3.72. The molecule has 21 heavy (non-hydrogen) atoms. The van der Waals surface area contributed by atoms with Crippen LogP contribution < -0.4 is 5.32 Å². The third-order valence-corrected chi connectivity index (χ3v) is 4.22. The quantitative estimate of drug-likeness (QED) is 0.453. The number of rotatable bonds is 12. The largest absolute Gasteiger partial charge is 0.310 e. The van der Waals surface area contributed by atoms with Crippen LogP contribution in [-0.4, -0.2) is 6.54 Å². The Morgan fingerprint density at radius 1 is 0.810 bits per heavy atom. The molecule has 0 spiro atoms. The van der Waals surface area contributed by atoms with Gasteiger partial charge in [0.2, 0.25) is 0 Å². The predicted octanol–water partition coefficient (Wildman–Crippen LogP) is 6.18. The van der Waals surface area contributed by atoms with Crippen LogP contribution in [0, 0.1) is 6.92 Å². The fraction of sp³-hybridized carbons (Fsp3) is 0.700. The highest BCUT2D eigenvalue weighted by atomic mass is 14.9. The number of aryl methyl sites for hydroxylation is 1. The van der Waals surface area contributed by atoms with E-state index in [0.29, 0.717) is 6.04 Å². The molecule has 1 aromatic carbocycles. The summed E-state index contributed by atoms with van der Waals surface area (Å²) < 4.78 is 0. The monoisotopic (exact) mass is 289 g/mol. The Morgan fingerprint density at radius 2 is 1.43 bits per heavy atom. The lowest BCUT2D eigenvalue weighted by atomic mass is 9.98. The Morgan fingerprint density at radius 3 is 2.05 bits per heavy atom. The van der Waals surface area contributed by atoms with Crippen molar-refractivity contribution in [2.75, 3.05) is 6.54 Å². The van der Waals surface area contributed by atoms with E-state index in [-0.39, 0.29) is 0 Å². The molecule has 1 rings (SSSR count). The van der Waals surface area contributed by atoms with Crippen LogP contribution in [0.1, 0.15) is 88.8 Å². The molecule has 0 heterocycles. The van der Waals surface area contributed by atoms with Gasteiger partial charge in [-0.25, -0.2) is 0 Å². The average molecular weight is 290 g/mol. The van der Waals surface area contributed by atoms with Crippen molar-refractivity contribution in [2.24, 2.45) is 0 Å². The first-order valence-electron chi connectivity index (χ1n) is 9.07. The van der Waals surface area contributed by atoms with Crippen LogP contribution in [0.25, 0.3) is 0 Å². The van der Waals surface area contributed by atoms with Crippen molar-refractivity contribution in [2.45, 2.75) is 84.6 Å². The van der Waals surface area contributed by atoms with Crippen molar-refractivity contribution < 1.29 is 0 Å². The van der Waals surface area contributed by atoms with Crippen molar-refractivity contribution in [3.05, 3.63) is 35.4 Å². The van der Waals surface area contributed by atoms with E-state index in [9.17, 15) is 0 Å². The summed E-state index contributed by atoms with van der Waals surface area (Å²) in [6, 6.07) is 9.61. The van der Waals surface area contributed by atoms with Gasteiger partial charge in [0.15, 0.2) is 0 Å². The van der Waals surface area contributed by atoms with Gasteiger partial charge >= 0.3 is 0 Å². The third-order valence-electron chi connectivity index (χ3n) is 4.22. The number of hydrogen-bond acceptors (Lipinski definition) is 1. The van der Waals surface area contributed by atoms with Gasteiger partial charge < -0.3 is 5.32 Å². The molecule has 0 aromatic heterocycles. The number of hydrogen-bond donors (Lipinski definition) is 1. The minimum Gasteiger partial charge on any atom is -0.310 e. The van der Waals surface area contributed by atoms with Gasteiger partial charge in [-0.1, -0.05) is 88.6 Å². The zero-order chi connectivity index (χ0) is 15.3. The molecule has 1 atom stereocenters. The standard InChI is InChI=1S/C20H35N/c1-4-6-7-8-9-10-11-12-20(21-17-5-2)19-15-13-18(3)14-16-19/h13-16,20-21H,4-12,17H2,1-3H3. The lowest BCUT2D eigenvalue weighted by Crippen LogP contribution is -2.22. The molecule has 0 saturated carbocycles. The van der Waals surface area contributed by atoms with E-state index >= 15 is 0 Å². The first kappa shape index (κ1) is 18.2. The summed E-state index contributed by atoms with van der Waals surface area (Å²) >= 11 is 0. The second kappa shape index (κ2) is 11.8. The van der Waals surface area contributed by atoms with Gasteiger partial charge in [-0.05, 0) is 31.9 Å². The second-order valence-electron chi connectivity index (χ2n) is 6.33. The van der Waals surface area contributed by atoms with Crippen LogP contribution in [0.5, 0.6) is 0 Å². The van der Waals surface area contributed by atoms with E-state index in [1.54, 1.807) is 0 Å². The summed E-state index contributed by atoms with van der Waals surface area (Å²) in [6.45, 7) is 7.81. The van der Waals surface area contributed by atoms with Crippen LogP contribution in [-0.2, 0) is 0 Å². The van der Waals surface area contributed by atoms with Gasteiger partial charge in [-0.15, -0.1) is 0 Å². The maximum absolute atomic E-state index is 3.72. The van der Waals surface area contributed by atoms with Crippen molar-refractivity contribution in [3.63, 3.8) is 0 Å². The van der Waals surface area contributed by atoms with Gasteiger partial charge in [0.05, 0.1) is 0 Å². The molecule has 0 radical (unpaired) electrons. The van der Waals surface area contributed by atoms with Gasteiger partial charge in [-0.2, -0.15) is 0 Å². The SMILES string of the molecule is CCCCCCCCCC(NCCC)c1ccc(C)cc1. The Kier molecular flexibility index (Phi) is 10.2. The zero-order valence-electron chi connectivity index (χ0n) is 14.5. The van der Waals surface area contributed by atoms with Crippen LogP contribution in [0.3, 0.4) is 0 Å². The summed E-state index contributed by atoms with van der Waals surface area (Å²) in [5, 5.41) is 3.72. The Balaban J connectivity index is 2.31. The summed E-state index contributed by atoms with van der Waals surface area (Å²) in [6.07, 6.45) is 12.2. The normalized spacial score (nSPS) is 12.5. The predicted molar refractivity (Wildman–Crippen MR) is 94.8 cm³/mol. The second-order valence-corrected chi connectivity index (χ2v) is 6.33. The highest BCUT2D eigenvalue weighted by molar-refractivity contribution is 5.24. The zero-order valence-corrected chi connectivity index (χ0v) is 14.5. The Labute approximate surface area is 132 Å². The average Bonchev–Trinajstić information content (AvgIpc) is 2.50. The van der Waals surface area contributed by atoms with Crippen molar-refractivity contribution in [1.82, 2.24) is 5.32 Å². The van der Waals surface area contributed by atoms with Crippen molar-refractivity contribution in [3.8, 4) is 0 Å². The van der Waals surface area contributed by atoms with Crippen LogP contribution >= 0.6 is 0 Å². The molecule has 1 unspecified atom stereocenters. The molecule has 1 nitrogen and oxygen atoms in total. The molecule has 0 aliphatic carbocycles. The third kappa shape index (κ3) is 8.26. The fourth-order valence-electron chi connectivity index (χ4n) is 2.81. The molecule has 1 aromatic rings.